The lowest BCUT2D eigenvalue weighted by Gasteiger charge is -2.36. The van der Waals surface area contributed by atoms with Gasteiger partial charge in [-0.2, -0.15) is 4.31 Å². The number of nitrogens with zero attached hydrogens (tertiary/aromatic N) is 1. The van der Waals surface area contributed by atoms with Crippen LogP contribution < -0.4 is 5.73 Å². The van der Waals surface area contributed by atoms with Gasteiger partial charge < -0.3 is 10.5 Å². The second kappa shape index (κ2) is 5.18. The number of rotatable bonds is 2. The third-order valence-corrected chi connectivity index (χ3v) is 6.46. The van der Waals surface area contributed by atoms with Crippen LogP contribution in [0.3, 0.4) is 0 Å². The first kappa shape index (κ1) is 14.1. The van der Waals surface area contributed by atoms with Crippen LogP contribution >= 0.6 is 11.6 Å². The number of fused-ring (bicyclic) bond motifs is 1. The van der Waals surface area contributed by atoms with Gasteiger partial charge in [-0.3, -0.25) is 0 Å². The minimum absolute atomic E-state index is 0.00207. The lowest BCUT2D eigenvalue weighted by Crippen LogP contribution is -2.51. The number of morpholine rings is 1. The van der Waals surface area contributed by atoms with Crippen LogP contribution in [0.5, 0.6) is 0 Å². The molecule has 2 N–H and O–H groups in total. The van der Waals surface area contributed by atoms with Crippen molar-refractivity contribution in [1.29, 1.82) is 0 Å². The molecular formula is C13H17ClN2O3S. The number of benzene rings is 1. The molecule has 110 valence electrons. The van der Waals surface area contributed by atoms with E-state index in [1.807, 2.05) is 0 Å². The normalized spacial score (nSPS) is 27.4. The quantitative estimate of drug-likeness (QED) is 0.845. The maximum absolute atomic E-state index is 12.9. The van der Waals surface area contributed by atoms with Crippen molar-refractivity contribution >= 4 is 27.3 Å². The predicted molar refractivity (Wildman–Crippen MR) is 77.1 cm³/mol. The molecule has 1 saturated heterocycles. The molecule has 1 heterocycles. The van der Waals surface area contributed by atoms with Crippen LogP contribution in [-0.2, 0) is 14.8 Å². The first-order chi connectivity index (χ1) is 9.51. The summed E-state index contributed by atoms with van der Waals surface area (Å²) in [6.45, 7) is 0.777. The fraction of sp³-hybridized carbons (Fsp3) is 0.538. The van der Waals surface area contributed by atoms with Gasteiger partial charge in [-0.25, -0.2) is 8.42 Å². The van der Waals surface area contributed by atoms with Crippen LogP contribution in [0.4, 0.5) is 5.69 Å². The van der Waals surface area contributed by atoms with Crippen LogP contribution in [0.15, 0.2) is 23.1 Å². The monoisotopic (exact) mass is 316 g/mol. The summed E-state index contributed by atoms with van der Waals surface area (Å²) in [7, 11) is -3.68. The first-order valence-corrected chi connectivity index (χ1v) is 8.51. The van der Waals surface area contributed by atoms with Crippen LogP contribution in [0.25, 0.3) is 0 Å². The molecule has 0 bridgehead atoms. The summed E-state index contributed by atoms with van der Waals surface area (Å²) in [5.74, 6) is 0. The van der Waals surface area contributed by atoms with Gasteiger partial charge >= 0.3 is 0 Å². The van der Waals surface area contributed by atoms with Gasteiger partial charge in [0, 0.05) is 6.54 Å². The lowest BCUT2D eigenvalue weighted by atomic mass is 10.2. The highest BCUT2D eigenvalue weighted by atomic mass is 35.5. The topological polar surface area (TPSA) is 72.6 Å². The molecule has 0 spiro atoms. The molecule has 20 heavy (non-hydrogen) atoms. The van der Waals surface area contributed by atoms with E-state index in [0.29, 0.717) is 13.2 Å². The summed E-state index contributed by atoms with van der Waals surface area (Å²) in [6, 6.07) is 4.67. The molecule has 2 fully saturated rings. The molecule has 1 saturated carbocycles. The van der Waals surface area contributed by atoms with Crippen molar-refractivity contribution in [2.24, 2.45) is 0 Å². The molecule has 3 rings (SSSR count). The van der Waals surface area contributed by atoms with E-state index in [1.165, 1.54) is 4.31 Å². The van der Waals surface area contributed by atoms with Crippen LogP contribution in [0, 0.1) is 0 Å². The zero-order valence-electron chi connectivity index (χ0n) is 11.0. The molecule has 0 amide bonds. The zero-order chi connectivity index (χ0) is 14.3. The molecule has 1 aromatic carbocycles. The Morgan fingerprint density at radius 2 is 2.15 bits per heavy atom. The smallest absolute Gasteiger partial charge is 0.247 e. The molecule has 2 aliphatic rings. The summed E-state index contributed by atoms with van der Waals surface area (Å²) in [5, 5.41) is 0.172. The Kier molecular flexibility index (Phi) is 3.66. The highest BCUT2D eigenvalue weighted by molar-refractivity contribution is 7.89. The Hall–Kier alpha value is -0.820. The number of nitrogens with two attached hydrogens (primary N) is 1. The first-order valence-electron chi connectivity index (χ1n) is 6.69. The van der Waals surface area contributed by atoms with Crippen molar-refractivity contribution in [1.82, 2.24) is 4.31 Å². The van der Waals surface area contributed by atoms with Crippen molar-refractivity contribution in [2.75, 3.05) is 18.9 Å². The molecule has 1 aromatic rings. The van der Waals surface area contributed by atoms with Gasteiger partial charge in [0.1, 0.15) is 4.90 Å². The van der Waals surface area contributed by atoms with Crippen LogP contribution in [0.2, 0.25) is 5.02 Å². The van der Waals surface area contributed by atoms with E-state index in [-0.39, 0.29) is 27.8 Å². The summed E-state index contributed by atoms with van der Waals surface area (Å²) in [6.07, 6.45) is 2.73. The van der Waals surface area contributed by atoms with Crippen LogP contribution in [0.1, 0.15) is 19.3 Å². The van der Waals surface area contributed by atoms with Crippen LogP contribution in [-0.4, -0.2) is 38.0 Å². The van der Waals surface area contributed by atoms with Gasteiger partial charge in [0.15, 0.2) is 0 Å². The van der Waals surface area contributed by atoms with Gasteiger partial charge in [0.2, 0.25) is 10.0 Å². The molecule has 0 aromatic heterocycles. The van der Waals surface area contributed by atoms with Crippen molar-refractivity contribution in [3.05, 3.63) is 23.2 Å². The maximum atomic E-state index is 12.9. The van der Waals surface area contributed by atoms with E-state index in [1.54, 1.807) is 18.2 Å². The average molecular weight is 317 g/mol. The van der Waals surface area contributed by atoms with Crippen molar-refractivity contribution in [3.63, 3.8) is 0 Å². The second-order valence-corrected chi connectivity index (χ2v) is 7.42. The Balaban J connectivity index is 2.03. The summed E-state index contributed by atoms with van der Waals surface area (Å²) in [4.78, 5) is 0.0224. The van der Waals surface area contributed by atoms with Crippen molar-refractivity contribution in [2.45, 2.75) is 36.3 Å². The minimum Gasteiger partial charge on any atom is -0.398 e. The third-order valence-electron chi connectivity index (χ3n) is 4.00. The van der Waals surface area contributed by atoms with Crippen molar-refractivity contribution in [3.8, 4) is 0 Å². The Bertz CT molecular complexity index is 600. The lowest BCUT2D eigenvalue weighted by molar-refractivity contribution is -0.0241. The van der Waals surface area contributed by atoms with E-state index in [9.17, 15) is 8.42 Å². The number of hydrogen-bond acceptors (Lipinski definition) is 4. The molecule has 5 nitrogen and oxygen atoms in total. The predicted octanol–water partition coefficient (Wildman–Crippen LogP) is 1.86. The average Bonchev–Trinajstić information content (AvgIpc) is 2.85. The highest BCUT2D eigenvalue weighted by Gasteiger charge is 2.43. The summed E-state index contributed by atoms with van der Waals surface area (Å²) in [5.41, 5.74) is 6.02. The molecule has 1 aliphatic carbocycles. The third kappa shape index (κ3) is 2.20. The zero-order valence-corrected chi connectivity index (χ0v) is 12.5. The molecule has 1 aliphatic heterocycles. The van der Waals surface area contributed by atoms with Crippen molar-refractivity contribution < 1.29 is 13.2 Å². The van der Waals surface area contributed by atoms with E-state index >= 15 is 0 Å². The molecule has 2 atom stereocenters. The summed E-state index contributed by atoms with van der Waals surface area (Å²) >= 11 is 6.06. The Morgan fingerprint density at radius 1 is 1.35 bits per heavy atom. The van der Waals surface area contributed by atoms with Gasteiger partial charge in [-0.05, 0) is 31.4 Å². The number of nitrogen functional groups attached to an aromatic ring is 1. The molecule has 0 radical (unpaired) electrons. The molecular weight excluding hydrogens is 300 g/mol. The maximum Gasteiger partial charge on any atom is 0.247 e. The van der Waals surface area contributed by atoms with E-state index in [4.69, 9.17) is 22.1 Å². The number of hydrogen-bond donors (Lipinski definition) is 1. The highest BCUT2D eigenvalue weighted by Crippen LogP contribution is 2.36. The number of ether oxygens (including phenoxy) is 1. The Labute approximate surface area is 123 Å². The molecule has 7 heteroatoms. The number of anilines is 1. The molecule has 2 unspecified atom stereocenters. The Morgan fingerprint density at radius 3 is 2.90 bits per heavy atom. The standard InChI is InChI=1S/C13H17ClN2O3S/c14-9-3-1-4-10(15)13(9)20(17,18)16-7-8-19-12-6-2-5-11(12)16/h1,3-4,11-12H,2,5-8,15H2. The van der Waals surface area contributed by atoms with E-state index in [0.717, 1.165) is 19.3 Å². The second-order valence-electron chi connectivity index (χ2n) is 5.18. The number of halogens is 1. The minimum atomic E-state index is -3.68. The van der Waals surface area contributed by atoms with Gasteiger partial charge in [-0.15, -0.1) is 0 Å². The summed E-state index contributed by atoms with van der Waals surface area (Å²) < 4.78 is 32.9. The fourth-order valence-corrected chi connectivity index (χ4v) is 5.41. The van der Waals surface area contributed by atoms with E-state index < -0.39 is 10.0 Å². The van der Waals surface area contributed by atoms with Gasteiger partial charge in [0.25, 0.3) is 0 Å². The van der Waals surface area contributed by atoms with E-state index in [2.05, 4.69) is 0 Å². The van der Waals surface area contributed by atoms with Gasteiger partial charge in [0.05, 0.1) is 29.5 Å². The number of sulfonamides is 1. The SMILES string of the molecule is Nc1cccc(Cl)c1S(=O)(=O)N1CCOC2CCCC21. The fourth-order valence-electron chi connectivity index (χ4n) is 3.10. The van der Waals surface area contributed by atoms with Gasteiger partial charge in [-0.1, -0.05) is 17.7 Å². The largest absolute Gasteiger partial charge is 0.398 e.